The molecular weight excluding hydrogens is 1010 g/mol. The minimum absolute atomic E-state index is 0.0433. The molecule has 65 heavy (non-hydrogen) atoms. The number of methoxy groups -OCH3 is 1. The highest BCUT2D eigenvalue weighted by Gasteiger charge is 2.61. The second kappa shape index (κ2) is 24.9. The van der Waals surface area contributed by atoms with Crippen molar-refractivity contribution in [2.75, 3.05) is 11.5 Å². The fourth-order valence-corrected chi connectivity index (χ4v) is 17.3. The Morgan fingerprint density at radius 2 is 1.31 bits per heavy atom. The predicted molar refractivity (Wildman–Crippen MR) is 299 cm³/mol. The molecule has 0 aliphatic carbocycles. The third kappa shape index (κ3) is 17.5. The van der Waals surface area contributed by atoms with Crippen molar-refractivity contribution in [3.8, 4) is 0 Å². The van der Waals surface area contributed by atoms with Gasteiger partial charge in [-0.15, -0.1) is 0 Å². The number of alkyl halides is 1. The van der Waals surface area contributed by atoms with Crippen LogP contribution in [-0.4, -0.2) is 108 Å². The molecule has 0 bridgehead atoms. The fraction of sp³-hybridized carbons (Fsp3) is 0.882. The van der Waals surface area contributed by atoms with Crippen molar-refractivity contribution < 1.29 is 36.3 Å². The lowest BCUT2D eigenvalue weighted by molar-refractivity contribution is -0.353. The second-order valence-corrected chi connectivity index (χ2v) is 48.9. The molecule has 0 radical (unpaired) electrons. The largest absolute Gasteiger partial charge is 0.413 e. The summed E-state index contributed by atoms with van der Waals surface area (Å²) in [6, 6.07) is 2.96. The molecule has 14 heteroatoms. The van der Waals surface area contributed by atoms with Gasteiger partial charge in [0.1, 0.15) is 6.10 Å². The van der Waals surface area contributed by atoms with Gasteiger partial charge in [-0.05, 0) is 124 Å². The van der Waals surface area contributed by atoms with Crippen molar-refractivity contribution in [2.24, 2.45) is 11.8 Å². The molecule has 2 rings (SSSR count). The zero-order valence-corrected chi connectivity index (χ0v) is 53.3. The van der Waals surface area contributed by atoms with Crippen LogP contribution < -0.4 is 0 Å². The number of allylic oxidation sites excluding steroid dienone is 2. The molecule has 2 aliphatic rings. The summed E-state index contributed by atoms with van der Waals surface area (Å²) in [5.41, 5.74) is 1.07. The van der Waals surface area contributed by atoms with E-state index in [1.807, 2.05) is 19.3 Å². The fourth-order valence-electron chi connectivity index (χ4n) is 9.00. The summed E-state index contributed by atoms with van der Waals surface area (Å²) in [7, 11) is -9.09. The molecule has 2 fully saturated rings. The Kier molecular flexibility index (Phi) is 23.7. The lowest BCUT2D eigenvalue weighted by atomic mass is 9.78. The Balaban J connectivity index is 2.99. The summed E-state index contributed by atoms with van der Waals surface area (Å²) in [5.74, 6) is -1.05. The molecular formula is C51H103IO8Si5. The second-order valence-electron chi connectivity index (χ2n) is 24.7. The number of ether oxygens (including phenoxy) is 3. The van der Waals surface area contributed by atoms with E-state index < -0.39 is 59.6 Å². The van der Waals surface area contributed by atoms with E-state index in [4.69, 9.17) is 42.9 Å². The third-order valence-corrected chi connectivity index (χ3v) is 31.6. The lowest BCUT2D eigenvalue weighted by Gasteiger charge is -2.57. The van der Waals surface area contributed by atoms with Crippen LogP contribution in [0.5, 0.6) is 0 Å². The van der Waals surface area contributed by atoms with Gasteiger partial charge in [0.05, 0.1) is 42.7 Å². The standard InChI is InChI=1S/C51H103IO8Si5/c1-25-29-32-41(56-63(21,22)49(8,9)10)35-38(5)36-43-47(59-62(18,19)20)45(58-61(15,16)17)40(7)46(54-43)48(60-65(26-2,27-3)28-4)51(53-14)37-44(57-64(23,24)50(11,12)13)39(6)42(55-51)33-30-31-34-52/h25,29,32,39-48H,1,5,26-28,30-31,33-37H2,2-4,6-24H3/b32-29+/t39-,40+,41+,42+,43+,44-,45+,46+,47+,48-,51+/m0/s1. The van der Waals surface area contributed by atoms with Crippen LogP contribution in [0.25, 0.3) is 0 Å². The van der Waals surface area contributed by atoms with Gasteiger partial charge in [0.25, 0.3) is 0 Å². The first-order chi connectivity index (χ1) is 29.6. The average molecular weight is 1110 g/mol. The Morgan fingerprint density at radius 1 is 0.769 bits per heavy atom. The van der Waals surface area contributed by atoms with Crippen molar-refractivity contribution in [2.45, 2.75) is 263 Å². The zero-order valence-electron chi connectivity index (χ0n) is 46.1. The summed E-state index contributed by atoms with van der Waals surface area (Å²) < 4.78 is 60.7. The topological polar surface area (TPSA) is 73.8 Å². The van der Waals surface area contributed by atoms with Gasteiger partial charge in [-0.3, -0.25) is 0 Å². The van der Waals surface area contributed by atoms with Crippen molar-refractivity contribution in [3.63, 3.8) is 0 Å². The molecule has 382 valence electrons. The van der Waals surface area contributed by atoms with Crippen molar-refractivity contribution in [1.29, 1.82) is 0 Å². The molecule has 0 aromatic rings. The molecule has 0 amide bonds. The maximum atomic E-state index is 7.93. The van der Waals surface area contributed by atoms with Crippen LogP contribution in [-0.2, 0) is 36.3 Å². The highest BCUT2D eigenvalue weighted by atomic mass is 127. The average Bonchev–Trinajstić information content (AvgIpc) is 3.16. The first-order valence-corrected chi connectivity index (χ1v) is 42.1. The van der Waals surface area contributed by atoms with Crippen LogP contribution in [0.4, 0.5) is 0 Å². The molecule has 0 unspecified atom stereocenters. The van der Waals surface area contributed by atoms with Gasteiger partial charge >= 0.3 is 0 Å². The number of halogens is 1. The van der Waals surface area contributed by atoms with E-state index in [9.17, 15) is 0 Å². The number of rotatable bonds is 26. The highest BCUT2D eigenvalue weighted by Crippen LogP contribution is 2.49. The van der Waals surface area contributed by atoms with Gasteiger partial charge in [0.2, 0.25) is 0 Å². The van der Waals surface area contributed by atoms with Gasteiger partial charge in [-0.2, -0.15) is 0 Å². The van der Waals surface area contributed by atoms with Crippen LogP contribution >= 0.6 is 22.6 Å². The van der Waals surface area contributed by atoms with E-state index in [1.54, 1.807) is 0 Å². The maximum Gasteiger partial charge on any atom is 0.198 e. The minimum atomic E-state index is -2.34. The zero-order chi connectivity index (χ0) is 50.2. The van der Waals surface area contributed by atoms with Crippen LogP contribution in [0.1, 0.15) is 115 Å². The number of hydrogen-bond donors (Lipinski definition) is 0. The van der Waals surface area contributed by atoms with Crippen molar-refractivity contribution in [3.05, 3.63) is 37.0 Å². The van der Waals surface area contributed by atoms with Gasteiger partial charge in [-0.25, -0.2) is 0 Å². The smallest absolute Gasteiger partial charge is 0.198 e. The van der Waals surface area contributed by atoms with Gasteiger partial charge in [0, 0.05) is 25.4 Å². The van der Waals surface area contributed by atoms with Crippen molar-refractivity contribution >= 4 is 64.2 Å². The molecule has 0 spiro atoms. The Labute approximate surface area is 421 Å². The molecule has 0 aromatic heterocycles. The monoisotopic (exact) mass is 1110 g/mol. The minimum Gasteiger partial charge on any atom is -0.413 e. The molecule has 0 saturated carbocycles. The summed E-state index contributed by atoms with van der Waals surface area (Å²) in [4.78, 5) is 0. The SMILES string of the molecule is C=C/C=C/[C@H](CC(=C)C[C@H]1O[C@@H]([C@H](O[Si](CC)(CC)CC)[C@@]2(OC)C[C@H](O[Si](C)(C)C(C)(C)C)[C@@H](C)[C@@H](CCCCI)O2)[C@H](C)[C@@H](O[Si](C)(C)C)[C@@H]1O[Si](C)(C)C)O[Si](C)(C)C(C)(C)C. The first kappa shape index (κ1) is 61.8. The van der Waals surface area contributed by atoms with Gasteiger partial charge in [-0.1, -0.05) is 142 Å². The van der Waals surface area contributed by atoms with Crippen LogP contribution in [0.15, 0.2) is 37.0 Å². The Morgan fingerprint density at radius 3 is 1.77 bits per heavy atom. The highest BCUT2D eigenvalue weighted by molar-refractivity contribution is 14.1. The molecule has 2 saturated heterocycles. The number of hydrogen-bond acceptors (Lipinski definition) is 8. The van der Waals surface area contributed by atoms with Crippen LogP contribution in [0.3, 0.4) is 0 Å². The molecule has 8 nitrogen and oxygen atoms in total. The first-order valence-electron chi connectivity index (χ1n) is 25.4. The quantitative estimate of drug-likeness (QED) is 0.0212. The molecule has 2 heterocycles. The van der Waals surface area contributed by atoms with E-state index in [1.165, 1.54) is 0 Å². The summed E-state index contributed by atoms with van der Waals surface area (Å²) in [5, 5.41) is 0.104. The van der Waals surface area contributed by atoms with Crippen LogP contribution in [0.2, 0.25) is 93.7 Å². The van der Waals surface area contributed by atoms with Gasteiger partial charge < -0.3 is 36.3 Å². The normalized spacial score (nSPS) is 29.0. The Bertz CT molecular complexity index is 1490. The van der Waals surface area contributed by atoms with E-state index >= 15 is 0 Å². The third-order valence-electron chi connectivity index (χ3n) is 15.3. The molecule has 2 aliphatic heterocycles. The lowest BCUT2D eigenvalue weighted by Crippen LogP contribution is -2.70. The molecule has 11 atom stereocenters. The van der Waals surface area contributed by atoms with E-state index in [0.717, 1.165) is 47.4 Å². The molecule has 0 N–H and O–H groups in total. The molecule has 0 aromatic carbocycles. The number of unbranched alkanes of at least 4 members (excludes halogenated alkanes) is 1. The van der Waals surface area contributed by atoms with E-state index in [0.29, 0.717) is 19.3 Å². The predicted octanol–water partition coefficient (Wildman–Crippen LogP) is 15.5. The van der Waals surface area contributed by atoms with Gasteiger partial charge in [0.15, 0.2) is 47.4 Å². The van der Waals surface area contributed by atoms with Crippen LogP contribution in [0, 0.1) is 11.8 Å². The van der Waals surface area contributed by atoms with Crippen molar-refractivity contribution in [1.82, 2.24) is 0 Å². The summed E-state index contributed by atoms with van der Waals surface area (Å²) in [6.45, 7) is 57.3. The Hall–Kier alpha value is 0.714. The maximum absolute atomic E-state index is 7.93. The summed E-state index contributed by atoms with van der Waals surface area (Å²) >= 11 is 2.50. The van der Waals surface area contributed by atoms with E-state index in [-0.39, 0.29) is 58.5 Å². The summed E-state index contributed by atoms with van der Waals surface area (Å²) in [6.07, 6.45) is 8.84. The van der Waals surface area contributed by atoms with E-state index in [2.05, 4.69) is 177 Å².